The summed E-state index contributed by atoms with van der Waals surface area (Å²) in [7, 11) is 1.67. The zero-order valence-corrected chi connectivity index (χ0v) is 13.8. The van der Waals surface area contributed by atoms with Crippen molar-refractivity contribution in [2.24, 2.45) is 0 Å². The molecular formula is C15H20N6OS. The molecule has 3 heterocycles. The molecule has 1 aliphatic rings. The first-order chi connectivity index (χ1) is 11.3. The average Bonchev–Trinajstić information content (AvgIpc) is 3.04. The molecule has 1 aliphatic heterocycles. The highest BCUT2D eigenvalue weighted by molar-refractivity contribution is 7.13. The third kappa shape index (κ3) is 4.02. The van der Waals surface area contributed by atoms with Crippen LogP contribution in [0.25, 0.3) is 0 Å². The molecule has 122 valence electrons. The predicted molar refractivity (Wildman–Crippen MR) is 89.7 cm³/mol. The van der Waals surface area contributed by atoms with Crippen LogP contribution >= 0.6 is 11.3 Å². The van der Waals surface area contributed by atoms with Crippen LogP contribution in [0.15, 0.2) is 24.0 Å². The van der Waals surface area contributed by atoms with Crippen molar-refractivity contribution >= 4 is 28.2 Å². The second-order valence-electron chi connectivity index (χ2n) is 5.45. The Bertz CT molecular complexity index is 646. The number of aromatic nitrogens is 3. The van der Waals surface area contributed by atoms with E-state index < -0.39 is 0 Å². The Balaban J connectivity index is 1.71. The number of hydrogen-bond donors (Lipinski definition) is 2. The van der Waals surface area contributed by atoms with Gasteiger partial charge in [-0.25, -0.2) is 9.97 Å². The average molecular weight is 332 g/mol. The summed E-state index contributed by atoms with van der Waals surface area (Å²) in [4.78, 5) is 26.8. The third-order valence-electron chi connectivity index (χ3n) is 3.90. The molecule has 1 amide bonds. The van der Waals surface area contributed by atoms with Gasteiger partial charge in [0.1, 0.15) is 0 Å². The Kier molecular flexibility index (Phi) is 5.14. The third-order valence-corrected chi connectivity index (χ3v) is 4.68. The summed E-state index contributed by atoms with van der Waals surface area (Å²) >= 11 is 1.55. The highest BCUT2D eigenvalue weighted by Gasteiger charge is 2.27. The van der Waals surface area contributed by atoms with Gasteiger partial charge >= 0.3 is 0 Å². The van der Waals surface area contributed by atoms with Crippen molar-refractivity contribution in [3.8, 4) is 0 Å². The van der Waals surface area contributed by atoms with Crippen molar-refractivity contribution in [1.29, 1.82) is 0 Å². The maximum absolute atomic E-state index is 11.7. The predicted octanol–water partition coefficient (Wildman–Crippen LogP) is 1.95. The first-order valence-electron chi connectivity index (χ1n) is 7.69. The van der Waals surface area contributed by atoms with E-state index in [1.807, 2.05) is 0 Å². The van der Waals surface area contributed by atoms with E-state index >= 15 is 0 Å². The lowest BCUT2D eigenvalue weighted by atomic mass is 10.00. The van der Waals surface area contributed by atoms with E-state index in [1.165, 1.54) is 6.42 Å². The lowest BCUT2D eigenvalue weighted by Crippen LogP contribution is -2.40. The van der Waals surface area contributed by atoms with Gasteiger partial charge in [0.2, 0.25) is 5.91 Å². The van der Waals surface area contributed by atoms with E-state index in [4.69, 9.17) is 0 Å². The van der Waals surface area contributed by atoms with E-state index in [0.717, 1.165) is 30.2 Å². The topological polar surface area (TPSA) is 83.0 Å². The van der Waals surface area contributed by atoms with Crippen LogP contribution in [0.2, 0.25) is 0 Å². The second kappa shape index (κ2) is 7.47. The Labute approximate surface area is 139 Å². The first-order valence-corrected chi connectivity index (χ1v) is 8.57. The summed E-state index contributed by atoms with van der Waals surface area (Å²) in [5, 5.41) is 8.72. The molecule has 2 aromatic heterocycles. The fourth-order valence-electron chi connectivity index (χ4n) is 2.75. The van der Waals surface area contributed by atoms with Gasteiger partial charge in [-0.15, -0.1) is 11.3 Å². The van der Waals surface area contributed by atoms with E-state index in [1.54, 1.807) is 37.0 Å². The van der Waals surface area contributed by atoms with Gasteiger partial charge in [0.15, 0.2) is 10.9 Å². The summed E-state index contributed by atoms with van der Waals surface area (Å²) in [5.41, 5.74) is 1.02. The molecule has 0 radical (unpaired) electrons. The molecule has 23 heavy (non-hydrogen) atoms. The minimum absolute atomic E-state index is 0.0463. The largest absolute Gasteiger partial charge is 0.358 e. The van der Waals surface area contributed by atoms with Crippen LogP contribution in [-0.2, 0) is 4.79 Å². The summed E-state index contributed by atoms with van der Waals surface area (Å²) in [6.07, 6.45) is 8.27. The Morgan fingerprint density at radius 3 is 3.13 bits per heavy atom. The van der Waals surface area contributed by atoms with Crippen LogP contribution in [0.4, 0.5) is 10.9 Å². The lowest BCUT2D eigenvalue weighted by molar-refractivity contribution is -0.122. The second-order valence-corrected chi connectivity index (χ2v) is 6.31. The van der Waals surface area contributed by atoms with Crippen molar-refractivity contribution in [2.75, 3.05) is 25.5 Å². The van der Waals surface area contributed by atoms with Gasteiger partial charge in [-0.05, 0) is 19.4 Å². The van der Waals surface area contributed by atoms with Gasteiger partial charge < -0.3 is 10.6 Å². The van der Waals surface area contributed by atoms with Crippen molar-refractivity contribution in [3.05, 3.63) is 29.7 Å². The van der Waals surface area contributed by atoms with Gasteiger partial charge in [-0.2, -0.15) is 0 Å². The quantitative estimate of drug-likeness (QED) is 0.871. The van der Waals surface area contributed by atoms with Crippen LogP contribution in [-0.4, -0.2) is 45.9 Å². The van der Waals surface area contributed by atoms with Crippen molar-refractivity contribution in [3.63, 3.8) is 0 Å². The molecule has 0 bridgehead atoms. The lowest BCUT2D eigenvalue weighted by Gasteiger charge is -2.34. The zero-order valence-electron chi connectivity index (χ0n) is 13.0. The van der Waals surface area contributed by atoms with E-state index in [-0.39, 0.29) is 11.9 Å². The van der Waals surface area contributed by atoms with Crippen LogP contribution in [0, 0.1) is 0 Å². The minimum atomic E-state index is 0.0463. The van der Waals surface area contributed by atoms with Gasteiger partial charge in [-0.3, -0.25) is 14.7 Å². The maximum atomic E-state index is 11.7. The molecule has 2 aromatic rings. The van der Waals surface area contributed by atoms with Crippen molar-refractivity contribution in [2.45, 2.75) is 25.3 Å². The maximum Gasteiger partial charge on any atom is 0.233 e. The van der Waals surface area contributed by atoms with Gasteiger partial charge in [-0.1, -0.05) is 6.42 Å². The summed E-state index contributed by atoms with van der Waals surface area (Å²) in [6.45, 7) is 1.36. The molecule has 1 unspecified atom stereocenters. The van der Waals surface area contributed by atoms with Crippen molar-refractivity contribution in [1.82, 2.24) is 25.2 Å². The van der Waals surface area contributed by atoms with Gasteiger partial charge in [0.25, 0.3) is 0 Å². The van der Waals surface area contributed by atoms with Crippen molar-refractivity contribution < 1.29 is 4.79 Å². The molecule has 0 spiro atoms. The number of nitrogens with one attached hydrogen (secondary N) is 2. The van der Waals surface area contributed by atoms with Crippen LogP contribution < -0.4 is 10.6 Å². The van der Waals surface area contributed by atoms with Gasteiger partial charge in [0, 0.05) is 24.8 Å². The Hall–Kier alpha value is -2.06. The van der Waals surface area contributed by atoms with Crippen LogP contribution in [0.1, 0.15) is 31.0 Å². The number of carbonyl (C=O) groups excluding carboxylic acids is 1. The molecule has 2 N–H and O–H groups in total. The molecule has 3 rings (SSSR count). The normalized spacial score (nSPS) is 18.6. The van der Waals surface area contributed by atoms with Gasteiger partial charge in [0.05, 0.1) is 24.5 Å². The van der Waals surface area contributed by atoms with Crippen LogP contribution in [0.5, 0.6) is 0 Å². The molecule has 1 saturated heterocycles. The number of likely N-dealkylation sites (N-methyl/N-ethyl adjacent to an activating group) is 1. The number of nitrogens with zero attached hydrogens (tertiary/aromatic N) is 4. The first kappa shape index (κ1) is 15.8. The zero-order chi connectivity index (χ0) is 16.1. The molecule has 8 heteroatoms. The molecule has 0 saturated carbocycles. The number of rotatable bonds is 5. The summed E-state index contributed by atoms with van der Waals surface area (Å²) < 4.78 is 0. The SMILES string of the molecule is CNC(=O)CN1CCCCC1c1csc(Nc2cnccn2)n1. The fourth-order valence-corrected chi connectivity index (χ4v) is 3.51. The standard InChI is InChI=1S/C15H20N6OS/c1-16-14(22)9-21-7-3-2-4-12(21)11-10-23-15(19-11)20-13-8-17-5-6-18-13/h5-6,8,10,12H,2-4,7,9H2,1H3,(H,16,22)(H,18,19,20). The number of carbonyl (C=O) groups is 1. The molecule has 0 aliphatic carbocycles. The highest BCUT2D eigenvalue weighted by Crippen LogP contribution is 2.32. The molecule has 0 aromatic carbocycles. The Morgan fingerprint density at radius 1 is 1.43 bits per heavy atom. The fraction of sp³-hybridized carbons (Fsp3) is 0.467. The van der Waals surface area contributed by atoms with E-state index in [0.29, 0.717) is 12.4 Å². The number of anilines is 2. The highest BCUT2D eigenvalue weighted by atomic mass is 32.1. The number of piperidine rings is 1. The Morgan fingerprint density at radius 2 is 2.35 bits per heavy atom. The smallest absolute Gasteiger partial charge is 0.233 e. The number of likely N-dealkylation sites (tertiary alicyclic amines) is 1. The molecule has 7 nitrogen and oxygen atoms in total. The monoisotopic (exact) mass is 332 g/mol. The summed E-state index contributed by atoms with van der Waals surface area (Å²) in [6, 6.07) is 0.203. The number of amides is 1. The number of hydrogen-bond acceptors (Lipinski definition) is 7. The van der Waals surface area contributed by atoms with E-state index in [2.05, 4.69) is 35.9 Å². The molecular weight excluding hydrogens is 312 g/mol. The van der Waals surface area contributed by atoms with E-state index in [9.17, 15) is 4.79 Å². The summed E-state index contributed by atoms with van der Waals surface area (Å²) in [5.74, 6) is 0.726. The molecule has 1 fully saturated rings. The van der Waals surface area contributed by atoms with Crippen LogP contribution in [0.3, 0.4) is 0 Å². The minimum Gasteiger partial charge on any atom is -0.358 e. The number of thiazole rings is 1. The molecule has 1 atom stereocenters.